The molecule has 1 amide bonds. The lowest BCUT2D eigenvalue weighted by molar-refractivity contribution is -0.141. The van der Waals surface area contributed by atoms with E-state index in [1.165, 1.54) is 30.5 Å². The number of nitrogens with one attached hydrogen (secondary N) is 1. The van der Waals surface area contributed by atoms with Crippen LogP contribution in [0.5, 0.6) is 5.75 Å². The third-order valence-corrected chi connectivity index (χ3v) is 4.92. The first-order chi connectivity index (χ1) is 14.6. The van der Waals surface area contributed by atoms with E-state index in [4.69, 9.17) is 27.9 Å². The van der Waals surface area contributed by atoms with Crippen molar-refractivity contribution >= 4 is 29.1 Å². The molecule has 0 bridgehead atoms. The van der Waals surface area contributed by atoms with Gasteiger partial charge in [0.1, 0.15) is 23.5 Å². The zero-order valence-corrected chi connectivity index (χ0v) is 17.2. The second-order valence-electron chi connectivity index (χ2n) is 6.42. The first kappa shape index (κ1) is 22.9. The van der Waals surface area contributed by atoms with E-state index >= 15 is 0 Å². The molecule has 1 unspecified atom stereocenters. The number of amides is 1. The van der Waals surface area contributed by atoms with Crippen molar-refractivity contribution in [3.05, 3.63) is 76.0 Å². The van der Waals surface area contributed by atoms with E-state index in [-0.39, 0.29) is 23.7 Å². The lowest BCUT2D eigenvalue weighted by atomic mass is 10.2. The Morgan fingerprint density at radius 3 is 2.52 bits per heavy atom. The van der Waals surface area contributed by atoms with Gasteiger partial charge in [-0.2, -0.15) is 18.3 Å². The van der Waals surface area contributed by atoms with Gasteiger partial charge in [0.05, 0.1) is 10.7 Å². The van der Waals surface area contributed by atoms with Crippen molar-refractivity contribution in [2.24, 2.45) is 0 Å². The Balaban J connectivity index is 1.52. The molecule has 1 heterocycles. The summed E-state index contributed by atoms with van der Waals surface area (Å²) in [5.41, 5.74) is -0.388. The van der Waals surface area contributed by atoms with Crippen LogP contribution in [-0.4, -0.2) is 40.0 Å². The second-order valence-corrected chi connectivity index (χ2v) is 7.20. The molecular formula is C20H16Cl2F3N3O3. The van der Waals surface area contributed by atoms with Gasteiger partial charge in [0.2, 0.25) is 0 Å². The highest BCUT2D eigenvalue weighted by molar-refractivity contribution is 6.42. The van der Waals surface area contributed by atoms with Gasteiger partial charge in [-0.15, -0.1) is 0 Å². The highest BCUT2D eigenvalue weighted by atomic mass is 35.5. The summed E-state index contributed by atoms with van der Waals surface area (Å²) in [6.07, 6.45) is -4.36. The van der Waals surface area contributed by atoms with Crippen molar-refractivity contribution in [3.8, 4) is 11.4 Å². The molecule has 0 saturated heterocycles. The maximum Gasteiger partial charge on any atom is 0.435 e. The second kappa shape index (κ2) is 9.59. The molecule has 3 rings (SSSR count). The molecule has 31 heavy (non-hydrogen) atoms. The van der Waals surface area contributed by atoms with E-state index in [0.717, 1.165) is 10.7 Å². The zero-order chi connectivity index (χ0) is 22.6. The van der Waals surface area contributed by atoms with E-state index in [1.807, 2.05) is 0 Å². The normalized spacial score (nSPS) is 12.5. The highest BCUT2D eigenvalue weighted by Gasteiger charge is 2.33. The van der Waals surface area contributed by atoms with Crippen molar-refractivity contribution in [1.82, 2.24) is 15.1 Å². The number of ether oxygens (including phenoxy) is 1. The Bertz CT molecular complexity index is 1060. The first-order valence-corrected chi connectivity index (χ1v) is 9.67. The van der Waals surface area contributed by atoms with Gasteiger partial charge in [0, 0.05) is 18.3 Å². The van der Waals surface area contributed by atoms with Crippen LogP contribution >= 0.6 is 23.2 Å². The molecule has 1 aromatic heterocycles. The van der Waals surface area contributed by atoms with Crippen molar-refractivity contribution in [2.75, 3.05) is 13.2 Å². The third kappa shape index (κ3) is 5.90. The van der Waals surface area contributed by atoms with Gasteiger partial charge in [-0.25, -0.2) is 4.68 Å². The standard InChI is InChI=1S/C20H16Cl2F3N3O3/c21-15-2-1-3-16(18(15)22)31-11-14(29)10-26-19(30)12-4-6-13(7-5-12)28-9-8-17(27-28)20(23,24)25/h1-9,14,29H,10-11H2,(H,26,30). The fraction of sp³-hybridized carbons (Fsp3) is 0.200. The SMILES string of the molecule is O=C(NCC(O)COc1cccc(Cl)c1Cl)c1ccc(-n2ccc(C(F)(F)F)n2)cc1. The Hall–Kier alpha value is -2.75. The van der Waals surface area contributed by atoms with Crippen LogP contribution in [0.1, 0.15) is 16.1 Å². The van der Waals surface area contributed by atoms with Crippen molar-refractivity contribution < 1.29 is 27.8 Å². The predicted molar refractivity (Wildman–Crippen MR) is 109 cm³/mol. The van der Waals surface area contributed by atoms with Gasteiger partial charge in [-0.3, -0.25) is 4.79 Å². The molecule has 0 fully saturated rings. The summed E-state index contributed by atoms with van der Waals surface area (Å²) in [4.78, 5) is 12.2. The Morgan fingerprint density at radius 1 is 1.16 bits per heavy atom. The molecule has 0 aliphatic heterocycles. The van der Waals surface area contributed by atoms with Crippen molar-refractivity contribution in [2.45, 2.75) is 12.3 Å². The monoisotopic (exact) mass is 473 g/mol. The number of hydrogen-bond acceptors (Lipinski definition) is 4. The van der Waals surface area contributed by atoms with E-state index < -0.39 is 23.9 Å². The largest absolute Gasteiger partial charge is 0.489 e. The number of rotatable bonds is 7. The van der Waals surface area contributed by atoms with E-state index in [1.54, 1.807) is 18.2 Å². The minimum absolute atomic E-state index is 0.0904. The molecule has 3 aromatic rings. The van der Waals surface area contributed by atoms with Gasteiger partial charge in [-0.05, 0) is 42.5 Å². The molecule has 0 radical (unpaired) electrons. The van der Waals surface area contributed by atoms with Crippen LogP contribution in [0.25, 0.3) is 5.69 Å². The maximum absolute atomic E-state index is 12.7. The van der Waals surface area contributed by atoms with Crippen LogP contribution in [0.2, 0.25) is 10.0 Å². The molecule has 0 saturated carbocycles. The average molecular weight is 474 g/mol. The quantitative estimate of drug-likeness (QED) is 0.534. The smallest absolute Gasteiger partial charge is 0.435 e. The summed E-state index contributed by atoms with van der Waals surface area (Å²) >= 11 is 11.9. The minimum atomic E-state index is -4.53. The summed E-state index contributed by atoms with van der Waals surface area (Å²) < 4.78 is 44.4. The van der Waals surface area contributed by atoms with Crippen LogP contribution in [0, 0.1) is 0 Å². The Morgan fingerprint density at radius 2 is 1.87 bits per heavy atom. The maximum atomic E-state index is 12.7. The number of carbonyl (C=O) groups excluding carboxylic acids is 1. The number of benzene rings is 2. The van der Waals surface area contributed by atoms with Gasteiger partial charge in [0.25, 0.3) is 5.91 Å². The number of alkyl halides is 3. The molecule has 2 aromatic carbocycles. The number of aromatic nitrogens is 2. The van der Waals surface area contributed by atoms with Gasteiger partial charge >= 0.3 is 6.18 Å². The topological polar surface area (TPSA) is 76.4 Å². The lowest BCUT2D eigenvalue weighted by Gasteiger charge is -2.14. The molecular weight excluding hydrogens is 458 g/mol. The summed E-state index contributed by atoms with van der Waals surface area (Å²) in [5.74, 6) is -0.162. The summed E-state index contributed by atoms with van der Waals surface area (Å²) in [7, 11) is 0. The van der Waals surface area contributed by atoms with Crippen LogP contribution in [0.4, 0.5) is 13.2 Å². The van der Waals surface area contributed by atoms with Crippen molar-refractivity contribution in [3.63, 3.8) is 0 Å². The molecule has 2 N–H and O–H groups in total. The fourth-order valence-electron chi connectivity index (χ4n) is 2.54. The molecule has 164 valence electrons. The van der Waals surface area contributed by atoms with Crippen LogP contribution in [-0.2, 0) is 6.18 Å². The Labute approximate surface area is 185 Å². The molecule has 11 heteroatoms. The Kier molecular flexibility index (Phi) is 7.09. The lowest BCUT2D eigenvalue weighted by Crippen LogP contribution is -2.35. The zero-order valence-electron chi connectivity index (χ0n) is 15.7. The number of aliphatic hydroxyl groups is 1. The third-order valence-electron chi connectivity index (χ3n) is 4.12. The highest BCUT2D eigenvalue weighted by Crippen LogP contribution is 2.31. The number of nitrogens with zero attached hydrogens (tertiary/aromatic N) is 2. The van der Waals surface area contributed by atoms with E-state index in [9.17, 15) is 23.1 Å². The van der Waals surface area contributed by atoms with Crippen LogP contribution in [0.15, 0.2) is 54.7 Å². The summed E-state index contributed by atoms with van der Waals surface area (Å²) in [6, 6.07) is 11.5. The number of halogens is 5. The van der Waals surface area contributed by atoms with E-state index in [0.29, 0.717) is 16.5 Å². The van der Waals surface area contributed by atoms with E-state index in [2.05, 4.69) is 10.4 Å². The first-order valence-electron chi connectivity index (χ1n) is 8.91. The van der Waals surface area contributed by atoms with Gasteiger partial charge < -0.3 is 15.2 Å². The molecule has 0 aliphatic carbocycles. The molecule has 0 aliphatic rings. The predicted octanol–water partition coefficient (Wildman–Crippen LogP) is 4.37. The fourth-order valence-corrected chi connectivity index (χ4v) is 2.88. The van der Waals surface area contributed by atoms with Gasteiger partial charge in [0.15, 0.2) is 5.69 Å². The number of aliphatic hydroxyl groups excluding tert-OH is 1. The molecule has 1 atom stereocenters. The van der Waals surface area contributed by atoms with Crippen molar-refractivity contribution in [1.29, 1.82) is 0 Å². The number of hydrogen-bond donors (Lipinski definition) is 2. The average Bonchev–Trinajstić information content (AvgIpc) is 3.24. The number of carbonyl (C=O) groups is 1. The van der Waals surface area contributed by atoms with Crippen LogP contribution in [0.3, 0.4) is 0 Å². The minimum Gasteiger partial charge on any atom is -0.489 e. The summed E-state index contributed by atoms with van der Waals surface area (Å²) in [5, 5.41) is 16.6. The molecule has 6 nitrogen and oxygen atoms in total. The van der Waals surface area contributed by atoms with Crippen LogP contribution < -0.4 is 10.1 Å². The summed E-state index contributed by atoms with van der Waals surface area (Å²) in [6.45, 7) is -0.215. The molecule has 0 spiro atoms. The van der Waals surface area contributed by atoms with Gasteiger partial charge in [-0.1, -0.05) is 29.3 Å².